The van der Waals surface area contributed by atoms with Crippen LogP contribution in [0, 0.1) is 23.7 Å². The molecule has 0 unspecified atom stereocenters. The molecule has 0 atom stereocenters. The van der Waals surface area contributed by atoms with Gasteiger partial charge >= 0.3 is 0 Å². The third-order valence-electron chi connectivity index (χ3n) is 11.3. The highest BCUT2D eigenvalue weighted by atomic mass is 16.6. The maximum absolute atomic E-state index is 6.69. The van der Waals surface area contributed by atoms with Crippen LogP contribution in [-0.4, -0.2) is 53.4 Å². The largest absolute Gasteiger partial charge is 0.492 e. The van der Waals surface area contributed by atoms with Crippen molar-refractivity contribution in [2.45, 2.75) is 71.1 Å². The minimum atomic E-state index is 0.337. The van der Waals surface area contributed by atoms with Gasteiger partial charge in [0.05, 0.1) is 50.8 Å². The van der Waals surface area contributed by atoms with Crippen molar-refractivity contribution in [2.75, 3.05) is 53.4 Å². The average molecular weight is 825 g/mol. The number of rotatable bonds is 22. The Kier molecular flexibility index (Phi) is 17.1. The number of methoxy groups -OCH3 is 1. The first-order valence-electron chi connectivity index (χ1n) is 22.7. The van der Waals surface area contributed by atoms with Crippen LogP contribution < -0.4 is 9.47 Å². The molecule has 0 aliphatic heterocycles. The van der Waals surface area contributed by atoms with E-state index in [1.807, 2.05) is 12.1 Å². The molecule has 0 amide bonds. The molecule has 318 valence electrons. The van der Waals surface area contributed by atoms with E-state index < -0.39 is 0 Å². The molecule has 7 rings (SSSR count). The minimum absolute atomic E-state index is 0.337. The van der Waals surface area contributed by atoms with E-state index in [2.05, 4.69) is 140 Å². The van der Waals surface area contributed by atoms with Crippen LogP contribution in [0.3, 0.4) is 0 Å². The maximum Gasteiger partial charge on any atom is 0.136 e. The molecule has 62 heavy (non-hydrogen) atoms. The zero-order valence-corrected chi connectivity index (χ0v) is 36.6. The molecule has 5 heteroatoms. The molecule has 0 N–H and O–H groups in total. The Morgan fingerprint density at radius 3 is 1.18 bits per heavy atom. The van der Waals surface area contributed by atoms with Crippen molar-refractivity contribution >= 4 is 43.1 Å². The van der Waals surface area contributed by atoms with Crippen LogP contribution in [0.1, 0.15) is 93.4 Å². The number of fused-ring (bicyclic) bond motifs is 4. The van der Waals surface area contributed by atoms with Crippen molar-refractivity contribution in [1.82, 2.24) is 0 Å². The first-order valence-corrected chi connectivity index (χ1v) is 22.7. The van der Waals surface area contributed by atoms with Gasteiger partial charge in [0.2, 0.25) is 0 Å². The summed E-state index contributed by atoms with van der Waals surface area (Å²) >= 11 is 0. The Bertz CT molecular complexity index is 2550. The summed E-state index contributed by atoms with van der Waals surface area (Å²) in [6.07, 6.45) is 12.6. The molecule has 0 radical (unpaired) electrons. The van der Waals surface area contributed by atoms with Crippen molar-refractivity contribution in [1.29, 1.82) is 0 Å². The van der Waals surface area contributed by atoms with Gasteiger partial charge in [-0.1, -0.05) is 185 Å². The first-order chi connectivity index (χ1) is 30.7. The van der Waals surface area contributed by atoms with E-state index in [9.17, 15) is 0 Å². The monoisotopic (exact) mass is 824 g/mol. The third-order valence-corrected chi connectivity index (χ3v) is 11.3. The molecule has 5 nitrogen and oxygen atoms in total. The second kappa shape index (κ2) is 24.0. The van der Waals surface area contributed by atoms with Crippen molar-refractivity contribution in [3.8, 4) is 35.2 Å². The molecule has 0 aromatic heterocycles. The van der Waals surface area contributed by atoms with Gasteiger partial charge in [-0.3, -0.25) is 0 Å². The summed E-state index contributed by atoms with van der Waals surface area (Å²) in [6.45, 7) is 5.67. The quantitative estimate of drug-likeness (QED) is 0.0387. The van der Waals surface area contributed by atoms with Gasteiger partial charge in [-0.25, -0.2) is 0 Å². The Balaban J connectivity index is 1.23. The van der Waals surface area contributed by atoms with Gasteiger partial charge in [0, 0.05) is 30.4 Å². The highest BCUT2D eigenvalue weighted by molar-refractivity contribution is 6.05. The number of ether oxygens (including phenoxy) is 5. The lowest BCUT2D eigenvalue weighted by Crippen LogP contribution is -2.12. The lowest BCUT2D eigenvalue weighted by molar-refractivity contribution is 0.0179. The van der Waals surface area contributed by atoms with E-state index in [0.717, 1.165) is 78.2 Å². The van der Waals surface area contributed by atoms with Crippen LogP contribution in [0.2, 0.25) is 0 Å². The van der Waals surface area contributed by atoms with Gasteiger partial charge in [-0.15, -0.1) is 0 Å². The summed E-state index contributed by atoms with van der Waals surface area (Å²) < 4.78 is 29.8. The van der Waals surface area contributed by atoms with Crippen LogP contribution in [0.4, 0.5) is 0 Å². The maximum atomic E-state index is 6.69. The molecule has 7 aromatic carbocycles. The van der Waals surface area contributed by atoms with E-state index in [1.54, 1.807) is 7.11 Å². The first kappa shape index (κ1) is 44.2. The molecular formula is C57H60O5. The highest BCUT2D eigenvalue weighted by Gasteiger charge is 2.13. The zero-order chi connectivity index (χ0) is 42.6. The molecular weight excluding hydrogens is 765 g/mol. The van der Waals surface area contributed by atoms with Crippen LogP contribution in [-0.2, 0) is 14.2 Å². The van der Waals surface area contributed by atoms with Gasteiger partial charge in [0.1, 0.15) is 18.1 Å². The van der Waals surface area contributed by atoms with Gasteiger partial charge in [-0.05, 0) is 61.6 Å². The Labute approximate surface area is 368 Å². The van der Waals surface area contributed by atoms with Gasteiger partial charge < -0.3 is 23.7 Å². The zero-order valence-electron chi connectivity index (χ0n) is 36.6. The smallest absolute Gasteiger partial charge is 0.136 e. The molecule has 0 aliphatic carbocycles. The lowest BCUT2D eigenvalue weighted by Gasteiger charge is -2.14. The molecule has 0 saturated carbocycles. The third kappa shape index (κ3) is 12.2. The van der Waals surface area contributed by atoms with Crippen molar-refractivity contribution < 1.29 is 23.7 Å². The molecule has 0 saturated heterocycles. The van der Waals surface area contributed by atoms with E-state index in [-0.39, 0.29) is 0 Å². The molecule has 0 heterocycles. The number of unbranched alkanes of at least 4 members (excludes halogenated alkanes) is 9. The molecule has 7 aromatic rings. The normalized spacial score (nSPS) is 11.1. The number of hydrogen-bond acceptors (Lipinski definition) is 5. The fourth-order valence-electron chi connectivity index (χ4n) is 8.00. The predicted molar refractivity (Wildman–Crippen MR) is 258 cm³/mol. The van der Waals surface area contributed by atoms with Crippen LogP contribution in [0.25, 0.3) is 43.1 Å². The second-order valence-corrected chi connectivity index (χ2v) is 15.8. The topological polar surface area (TPSA) is 46.2 Å². The summed E-state index contributed by atoms with van der Waals surface area (Å²) in [7, 11) is 1.67. The highest BCUT2D eigenvalue weighted by Crippen LogP contribution is 2.33. The van der Waals surface area contributed by atoms with Gasteiger partial charge in [0.25, 0.3) is 0 Å². The molecule has 0 fully saturated rings. The van der Waals surface area contributed by atoms with E-state index in [0.29, 0.717) is 57.7 Å². The fraction of sp³-hybridized carbons (Fsp3) is 0.333. The van der Waals surface area contributed by atoms with Crippen LogP contribution in [0.15, 0.2) is 121 Å². The molecule has 0 spiro atoms. The van der Waals surface area contributed by atoms with Crippen molar-refractivity contribution in [3.05, 3.63) is 144 Å². The fourth-order valence-corrected chi connectivity index (χ4v) is 8.00. The summed E-state index contributed by atoms with van der Waals surface area (Å²) in [5.41, 5.74) is 3.48. The van der Waals surface area contributed by atoms with Crippen molar-refractivity contribution in [2.24, 2.45) is 0 Å². The predicted octanol–water partition coefficient (Wildman–Crippen LogP) is 13.5. The number of benzene rings is 7. The summed E-state index contributed by atoms with van der Waals surface area (Å²) in [5, 5.41) is 9.10. The SMILES string of the molecule is CCCCCCCCCCCCOc1cc(C#Cc2c3ccccc3cc3ccccc23)c(OCCOCCOCCOC)cc1C#Cc1c2ccccc2cc2ccccc12. The van der Waals surface area contributed by atoms with E-state index >= 15 is 0 Å². The lowest BCUT2D eigenvalue weighted by atomic mass is 9.96. The van der Waals surface area contributed by atoms with Gasteiger partial charge in [0.15, 0.2) is 0 Å². The summed E-state index contributed by atoms with van der Waals surface area (Å²) in [4.78, 5) is 0. The molecule has 0 bridgehead atoms. The van der Waals surface area contributed by atoms with E-state index in [4.69, 9.17) is 23.7 Å². The Morgan fingerprint density at radius 2 is 0.742 bits per heavy atom. The summed E-state index contributed by atoms with van der Waals surface area (Å²) in [6, 6.07) is 42.3. The second-order valence-electron chi connectivity index (χ2n) is 15.8. The summed E-state index contributed by atoms with van der Waals surface area (Å²) in [5.74, 6) is 15.7. The van der Waals surface area contributed by atoms with Crippen LogP contribution >= 0.6 is 0 Å². The van der Waals surface area contributed by atoms with E-state index in [1.165, 1.54) is 51.4 Å². The van der Waals surface area contributed by atoms with Gasteiger partial charge in [-0.2, -0.15) is 0 Å². The van der Waals surface area contributed by atoms with Crippen molar-refractivity contribution in [3.63, 3.8) is 0 Å². The number of hydrogen-bond donors (Lipinski definition) is 0. The minimum Gasteiger partial charge on any atom is -0.492 e. The Hall–Kier alpha value is -5.82. The van der Waals surface area contributed by atoms with Crippen LogP contribution in [0.5, 0.6) is 11.5 Å². The standard InChI is InChI=1S/C57H60O5/c1-3-4-5-6-7-8-9-10-11-20-33-61-56-42-49(30-32-55-52-27-18-14-23-46(52)41-47-24-15-19-28-53(47)55)57(62-39-38-60-37-36-59-35-34-58-2)43-48(56)29-31-54-50-25-16-12-21-44(50)40-45-22-13-17-26-51(45)54/h12-19,21-28,40-43H,3-11,20,33-39H2,1-2H3. The average Bonchev–Trinajstić information content (AvgIpc) is 3.30. The molecule has 0 aliphatic rings. The Morgan fingerprint density at radius 1 is 0.371 bits per heavy atom.